The van der Waals surface area contributed by atoms with E-state index in [1.807, 2.05) is 0 Å². The summed E-state index contributed by atoms with van der Waals surface area (Å²) in [6, 6.07) is 0. The molecule has 4 nitrogen and oxygen atoms in total. The van der Waals surface area contributed by atoms with Crippen molar-refractivity contribution in [3.63, 3.8) is 0 Å². The second-order valence-electron chi connectivity index (χ2n) is 8.08. The van der Waals surface area contributed by atoms with Gasteiger partial charge in [-0.15, -0.1) is 0 Å². The molecule has 0 aromatic carbocycles. The highest BCUT2D eigenvalue weighted by Gasteiger charge is 2.37. The van der Waals surface area contributed by atoms with Crippen molar-refractivity contribution in [1.29, 1.82) is 0 Å². The molecule has 0 radical (unpaired) electrons. The molecule has 0 saturated heterocycles. The summed E-state index contributed by atoms with van der Waals surface area (Å²) in [5.41, 5.74) is 0.293. The topological polar surface area (TPSA) is 52.6 Å². The van der Waals surface area contributed by atoms with Gasteiger partial charge < -0.3 is 9.47 Å². The minimum absolute atomic E-state index is 0.217. The van der Waals surface area contributed by atoms with Crippen molar-refractivity contribution in [2.45, 2.75) is 73.1 Å². The van der Waals surface area contributed by atoms with Crippen LogP contribution in [0.5, 0.6) is 0 Å². The third kappa shape index (κ3) is 7.36. The van der Waals surface area contributed by atoms with Gasteiger partial charge in [0.1, 0.15) is 0 Å². The fraction of sp³-hybridized carbons (Fsp3) is 0.895. The highest BCUT2D eigenvalue weighted by atomic mass is 16.5. The van der Waals surface area contributed by atoms with E-state index in [9.17, 15) is 9.59 Å². The van der Waals surface area contributed by atoms with Crippen molar-refractivity contribution >= 4 is 11.9 Å². The summed E-state index contributed by atoms with van der Waals surface area (Å²) in [7, 11) is 0. The molecule has 1 aliphatic rings. The summed E-state index contributed by atoms with van der Waals surface area (Å²) in [6.07, 6.45) is 5.42. The molecule has 4 heteroatoms. The maximum Gasteiger partial charge on any atom is 0.309 e. The van der Waals surface area contributed by atoms with Crippen LogP contribution >= 0.6 is 0 Å². The third-order valence-corrected chi connectivity index (χ3v) is 4.47. The fourth-order valence-electron chi connectivity index (χ4n) is 3.56. The first-order chi connectivity index (χ1) is 10.7. The zero-order chi connectivity index (χ0) is 17.5. The molecule has 0 aromatic rings. The van der Waals surface area contributed by atoms with Crippen LogP contribution in [-0.4, -0.2) is 25.2 Å². The molecule has 0 amide bonds. The van der Waals surface area contributed by atoms with E-state index < -0.39 is 0 Å². The van der Waals surface area contributed by atoms with Gasteiger partial charge in [-0.2, -0.15) is 0 Å². The minimum Gasteiger partial charge on any atom is -0.466 e. The number of ether oxygens (including phenoxy) is 2. The first kappa shape index (κ1) is 20.0. The Balaban J connectivity index is 2.44. The van der Waals surface area contributed by atoms with E-state index in [1.165, 1.54) is 0 Å². The zero-order valence-electron chi connectivity index (χ0n) is 15.5. The van der Waals surface area contributed by atoms with Crippen LogP contribution in [0.4, 0.5) is 0 Å². The Morgan fingerprint density at radius 3 is 2.04 bits per heavy atom. The van der Waals surface area contributed by atoms with Gasteiger partial charge in [0.05, 0.1) is 25.0 Å². The van der Waals surface area contributed by atoms with Gasteiger partial charge in [-0.05, 0) is 43.9 Å². The molecular weight excluding hydrogens is 292 g/mol. The fourth-order valence-corrected chi connectivity index (χ4v) is 3.56. The number of hydrogen-bond donors (Lipinski definition) is 0. The van der Waals surface area contributed by atoms with E-state index in [0.717, 1.165) is 38.5 Å². The summed E-state index contributed by atoms with van der Waals surface area (Å²) in [5.74, 6) is -0.570. The van der Waals surface area contributed by atoms with Gasteiger partial charge in [0.2, 0.25) is 0 Å². The van der Waals surface area contributed by atoms with Crippen LogP contribution in [0.25, 0.3) is 0 Å². The van der Waals surface area contributed by atoms with Crippen LogP contribution < -0.4 is 0 Å². The highest BCUT2D eigenvalue weighted by molar-refractivity contribution is 5.82. The Morgan fingerprint density at radius 1 is 1.04 bits per heavy atom. The average Bonchev–Trinajstić information content (AvgIpc) is 2.45. The SMILES string of the molecule is CCOC(=O)C1CCCCC1C(=O)OCCC(C)CC(C)(C)C. The van der Waals surface area contributed by atoms with Crippen LogP contribution in [0.15, 0.2) is 0 Å². The van der Waals surface area contributed by atoms with Gasteiger partial charge in [-0.25, -0.2) is 0 Å². The third-order valence-electron chi connectivity index (χ3n) is 4.47. The van der Waals surface area contributed by atoms with Gasteiger partial charge in [0.15, 0.2) is 0 Å². The Bertz CT molecular complexity index is 383. The molecule has 0 heterocycles. The molecule has 1 aliphatic carbocycles. The monoisotopic (exact) mass is 326 g/mol. The van der Waals surface area contributed by atoms with Crippen molar-refractivity contribution in [2.24, 2.45) is 23.2 Å². The largest absolute Gasteiger partial charge is 0.466 e. The molecule has 1 fully saturated rings. The summed E-state index contributed by atoms with van der Waals surface area (Å²) >= 11 is 0. The molecule has 0 spiro atoms. The quantitative estimate of drug-likeness (QED) is 0.652. The molecule has 0 bridgehead atoms. The lowest BCUT2D eigenvalue weighted by atomic mass is 9.79. The van der Waals surface area contributed by atoms with E-state index in [4.69, 9.17) is 9.47 Å². The number of carbonyl (C=O) groups is 2. The van der Waals surface area contributed by atoms with Crippen LogP contribution in [0.3, 0.4) is 0 Å². The molecule has 3 unspecified atom stereocenters. The second-order valence-corrected chi connectivity index (χ2v) is 8.08. The Kier molecular flexibility index (Phi) is 8.07. The standard InChI is InChI=1S/C19H34O4/c1-6-22-17(20)15-9-7-8-10-16(15)18(21)23-12-11-14(2)13-19(3,4)5/h14-16H,6-13H2,1-5H3. The van der Waals surface area contributed by atoms with E-state index in [1.54, 1.807) is 6.92 Å². The highest BCUT2D eigenvalue weighted by Crippen LogP contribution is 2.32. The van der Waals surface area contributed by atoms with Crippen molar-refractivity contribution in [2.75, 3.05) is 13.2 Å². The summed E-state index contributed by atoms with van der Waals surface area (Å²) in [5, 5.41) is 0. The smallest absolute Gasteiger partial charge is 0.309 e. The maximum atomic E-state index is 12.4. The summed E-state index contributed by atoms with van der Waals surface area (Å²) < 4.78 is 10.6. The molecule has 1 saturated carbocycles. The molecule has 23 heavy (non-hydrogen) atoms. The Labute approximate surface area is 141 Å². The lowest BCUT2D eigenvalue weighted by Gasteiger charge is -2.28. The van der Waals surface area contributed by atoms with Crippen molar-refractivity contribution in [3.05, 3.63) is 0 Å². The summed E-state index contributed by atoms with van der Waals surface area (Å²) in [6.45, 7) is 11.5. The van der Waals surface area contributed by atoms with Crippen molar-refractivity contribution < 1.29 is 19.1 Å². The van der Waals surface area contributed by atoms with Gasteiger partial charge in [0.25, 0.3) is 0 Å². The minimum atomic E-state index is -0.319. The Morgan fingerprint density at radius 2 is 1.57 bits per heavy atom. The molecule has 0 aliphatic heterocycles. The normalized spacial score (nSPS) is 23.2. The predicted octanol–water partition coefficient (Wildman–Crippen LogP) is 4.36. The molecule has 134 valence electrons. The van der Waals surface area contributed by atoms with E-state index in [2.05, 4.69) is 27.7 Å². The second kappa shape index (κ2) is 9.29. The van der Waals surface area contributed by atoms with E-state index in [-0.39, 0.29) is 23.8 Å². The zero-order valence-corrected chi connectivity index (χ0v) is 15.5. The maximum absolute atomic E-state index is 12.4. The van der Waals surface area contributed by atoms with Crippen molar-refractivity contribution in [3.8, 4) is 0 Å². The van der Waals surface area contributed by atoms with Gasteiger partial charge >= 0.3 is 11.9 Å². The predicted molar refractivity (Wildman–Crippen MR) is 90.9 cm³/mol. The molecule has 0 N–H and O–H groups in total. The molecular formula is C19H34O4. The number of esters is 2. The Hall–Kier alpha value is -1.06. The van der Waals surface area contributed by atoms with Gasteiger partial charge in [-0.1, -0.05) is 40.5 Å². The molecule has 0 aromatic heterocycles. The molecule has 3 atom stereocenters. The van der Waals surface area contributed by atoms with Gasteiger partial charge in [-0.3, -0.25) is 9.59 Å². The van der Waals surface area contributed by atoms with Crippen molar-refractivity contribution in [1.82, 2.24) is 0 Å². The number of hydrogen-bond acceptors (Lipinski definition) is 4. The summed E-state index contributed by atoms with van der Waals surface area (Å²) in [4.78, 5) is 24.4. The van der Waals surface area contributed by atoms with Crippen LogP contribution in [-0.2, 0) is 19.1 Å². The van der Waals surface area contributed by atoms with Gasteiger partial charge in [0, 0.05) is 0 Å². The average molecular weight is 326 g/mol. The number of carbonyl (C=O) groups excluding carboxylic acids is 2. The lowest BCUT2D eigenvalue weighted by molar-refractivity contribution is -0.162. The first-order valence-corrected chi connectivity index (χ1v) is 9.08. The first-order valence-electron chi connectivity index (χ1n) is 9.08. The van der Waals surface area contributed by atoms with Crippen LogP contribution in [0.1, 0.15) is 73.1 Å². The van der Waals surface area contributed by atoms with Crippen LogP contribution in [0, 0.1) is 23.2 Å². The van der Waals surface area contributed by atoms with E-state index in [0.29, 0.717) is 24.5 Å². The lowest BCUT2D eigenvalue weighted by Crippen LogP contribution is -2.35. The number of rotatable bonds is 7. The molecule has 1 rings (SSSR count). The van der Waals surface area contributed by atoms with E-state index >= 15 is 0 Å². The van der Waals surface area contributed by atoms with Crippen LogP contribution in [0.2, 0.25) is 0 Å².